The van der Waals surface area contributed by atoms with Gasteiger partial charge in [0.25, 0.3) is 0 Å². The number of amides is 3. The highest BCUT2D eigenvalue weighted by molar-refractivity contribution is 8.76. The molecule has 2 N–H and O–H groups in total. The first-order valence-corrected chi connectivity index (χ1v) is 22.1. The Balaban J connectivity index is 1.63. The Morgan fingerprint density at radius 2 is 1.90 bits per heavy atom. The van der Waals surface area contributed by atoms with Gasteiger partial charge in [0.2, 0.25) is 11.8 Å². The van der Waals surface area contributed by atoms with E-state index in [9.17, 15) is 29.1 Å². The van der Waals surface area contributed by atoms with Gasteiger partial charge in [-0.15, -0.1) is 0 Å². The van der Waals surface area contributed by atoms with Crippen molar-refractivity contribution in [3.05, 3.63) is 46.5 Å². The first-order valence-electron chi connectivity index (χ1n) is 19.4. The maximum Gasteiger partial charge on any atom is 0.409 e. The molecular weight excluding hydrogens is 810 g/mol. The van der Waals surface area contributed by atoms with Crippen LogP contribution in [0.25, 0.3) is 0 Å². The zero-order valence-corrected chi connectivity index (χ0v) is 37.4. The van der Waals surface area contributed by atoms with Crippen LogP contribution in [0.15, 0.2) is 35.9 Å². The molecule has 14 nitrogen and oxygen atoms in total. The summed E-state index contributed by atoms with van der Waals surface area (Å²) in [5, 5.41) is 14.8. The minimum absolute atomic E-state index is 0.0598. The molecule has 0 radical (unpaired) electrons. The van der Waals surface area contributed by atoms with Gasteiger partial charge in [-0.2, -0.15) is 0 Å². The molecule has 0 spiro atoms. The predicted octanol–water partition coefficient (Wildman–Crippen LogP) is 6.04. The Kier molecular flexibility index (Phi) is 16.6. The first kappa shape index (κ1) is 47.4. The summed E-state index contributed by atoms with van der Waals surface area (Å²) in [5.74, 6) is -0.961. The number of ether oxygens (including phenoxy) is 5. The summed E-state index contributed by atoms with van der Waals surface area (Å²) in [6.45, 7) is 10.6. The number of alkyl carbamates (subject to hydrolysis) is 1. The van der Waals surface area contributed by atoms with E-state index in [2.05, 4.69) is 5.32 Å². The number of carbonyl (C=O) groups excluding carboxylic acids is 5. The summed E-state index contributed by atoms with van der Waals surface area (Å²) in [7, 11) is 9.17. The van der Waals surface area contributed by atoms with E-state index in [0.29, 0.717) is 30.0 Å². The van der Waals surface area contributed by atoms with Gasteiger partial charge in [0.1, 0.15) is 46.5 Å². The molecule has 17 heteroatoms. The van der Waals surface area contributed by atoms with Gasteiger partial charge < -0.3 is 43.4 Å². The maximum absolute atomic E-state index is 14.2. The number of nitrogens with one attached hydrogen (secondary N) is 1. The number of Topliss-reactive ketones (excluding diaryl/α,β-unsaturated/α-hetero) is 1. The zero-order valence-electron chi connectivity index (χ0n) is 35.0. The molecular formula is C41H58ClN3O11S2. The van der Waals surface area contributed by atoms with Crippen molar-refractivity contribution in [2.24, 2.45) is 5.92 Å². The summed E-state index contributed by atoms with van der Waals surface area (Å²) >= 11 is 6.78. The molecule has 2 saturated heterocycles. The van der Waals surface area contributed by atoms with Crippen molar-refractivity contribution in [1.29, 1.82) is 0 Å². The Labute approximate surface area is 354 Å². The first-order chi connectivity index (χ1) is 27.2. The number of epoxide rings is 1. The van der Waals surface area contributed by atoms with E-state index in [0.717, 1.165) is 17.6 Å². The molecule has 2 fully saturated rings. The van der Waals surface area contributed by atoms with Crippen LogP contribution in [0.3, 0.4) is 0 Å². The highest BCUT2D eigenvalue weighted by Gasteiger charge is 2.64. The minimum atomic E-state index is -1.84. The standard InChI is InChI=1S/C41H58ClN3O11S2/c1-23-12-11-13-32(53-10)41(51)22-31(54-39(50)43-41)26(4)37-40(6,56-37)33(21-35(48)45(8)29-19-28(18-23)20-30(52-9)36(29)42)55-38(49)27(5)44(7)34(47)16-17-57-58-25(3)15-14-24(2)46/h11-13,19-20,25-27,31-33,37,51H,14-18,21-22H2,1-10H3,(H,43,50)/b13-11+,23-12+/t25?,26-,27+,31+,32-,33+,37+,40?,41+/m1/s1. The van der Waals surface area contributed by atoms with Crippen molar-refractivity contribution in [1.82, 2.24) is 10.2 Å². The SMILES string of the molecule is COc1cc2cc(c1Cl)N(C)C(=O)C[C@H](OC(=O)[C@H](C)N(C)C(=O)CCSSC(C)CCC(C)=O)C1(C)O[C@H]1[C@H](C)[C@@H]1C[C@@](O)(NC(=O)O1)[C@H](OC)/C=C/C=C(\C)C2. The lowest BCUT2D eigenvalue weighted by atomic mass is 9.83. The van der Waals surface area contributed by atoms with E-state index in [4.69, 9.17) is 35.3 Å². The van der Waals surface area contributed by atoms with Crippen molar-refractivity contribution in [2.45, 2.75) is 127 Å². The Hall–Kier alpha value is -3.28. The number of aliphatic hydroxyl groups is 1. The summed E-state index contributed by atoms with van der Waals surface area (Å²) in [5.41, 5.74) is -0.964. The third-order valence-electron chi connectivity index (χ3n) is 11.1. The number of methoxy groups -OCH3 is 2. The molecule has 3 amide bonds. The lowest BCUT2D eigenvalue weighted by molar-refractivity contribution is -0.162. The van der Waals surface area contributed by atoms with Crippen LogP contribution in [0.5, 0.6) is 5.75 Å². The van der Waals surface area contributed by atoms with Crippen molar-refractivity contribution in [2.75, 3.05) is 39.0 Å². The zero-order chi connectivity index (χ0) is 43.1. The fraction of sp³-hybridized carbons (Fsp3) is 0.634. The number of fused-ring (bicyclic) bond motifs is 5. The van der Waals surface area contributed by atoms with Gasteiger partial charge in [0, 0.05) is 57.4 Å². The molecule has 0 aliphatic carbocycles. The van der Waals surface area contributed by atoms with Crippen molar-refractivity contribution in [3.8, 4) is 5.75 Å². The number of esters is 1. The number of ketones is 1. The molecule has 0 aromatic heterocycles. The van der Waals surface area contributed by atoms with E-state index >= 15 is 0 Å². The van der Waals surface area contributed by atoms with E-state index in [-0.39, 0.29) is 41.2 Å². The van der Waals surface area contributed by atoms with Crippen LogP contribution >= 0.6 is 33.2 Å². The van der Waals surface area contributed by atoms with Crippen LogP contribution in [-0.2, 0) is 44.5 Å². The van der Waals surface area contributed by atoms with Crippen LogP contribution in [0.1, 0.15) is 79.2 Å². The lowest BCUT2D eigenvalue weighted by Crippen LogP contribution is -2.63. The number of rotatable bonds is 13. The molecule has 58 heavy (non-hydrogen) atoms. The van der Waals surface area contributed by atoms with Crippen LogP contribution < -0.4 is 15.0 Å². The Morgan fingerprint density at radius 1 is 1.19 bits per heavy atom. The normalized spacial score (nSPS) is 30.0. The summed E-state index contributed by atoms with van der Waals surface area (Å²) < 4.78 is 29.3. The third kappa shape index (κ3) is 11.7. The molecule has 2 unspecified atom stereocenters. The number of anilines is 1. The monoisotopic (exact) mass is 867 g/mol. The molecule has 0 saturated carbocycles. The van der Waals surface area contributed by atoms with Gasteiger partial charge in [0.05, 0.1) is 25.3 Å². The quantitative estimate of drug-likeness (QED) is 0.102. The molecule has 322 valence electrons. The minimum Gasteiger partial charge on any atom is -0.495 e. The average molecular weight is 869 g/mol. The van der Waals surface area contributed by atoms with Crippen molar-refractivity contribution >= 4 is 68.5 Å². The number of halogens is 1. The van der Waals surface area contributed by atoms with Gasteiger partial charge in [-0.05, 0) is 58.2 Å². The number of carbonyl (C=O) groups is 5. The van der Waals surface area contributed by atoms with Crippen molar-refractivity contribution < 1.29 is 52.8 Å². The molecule has 3 aliphatic heterocycles. The lowest BCUT2D eigenvalue weighted by Gasteiger charge is -2.42. The fourth-order valence-corrected chi connectivity index (χ4v) is 9.78. The van der Waals surface area contributed by atoms with Crippen molar-refractivity contribution in [3.63, 3.8) is 0 Å². The van der Waals surface area contributed by atoms with Crippen LogP contribution in [-0.4, -0.2) is 121 Å². The number of likely N-dealkylation sites (N-methyl/N-ethyl adjacent to an activating group) is 1. The molecule has 3 aliphatic rings. The summed E-state index contributed by atoms with van der Waals surface area (Å²) in [6, 6.07) is 2.58. The number of hydrogen-bond acceptors (Lipinski definition) is 13. The number of allylic oxidation sites excluding steroid dienone is 3. The number of benzene rings is 1. The van der Waals surface area contributed by atoms with Crippen LogP contribution in [0.2, 0.25) is 5.02 Å². The van der Waals surface area contributed by atoms with E-state index in [1.807, 2.05) is 19.9 Å². The van der Waals surface area contributed by atoms with Gasteiger partial charge in [0.15, 0.2) is 5.72 Å². The van der Waals surface area contributed by atoms with Gasteiger partial charge >= 0.3 is 12.1 Å². The van der Waals surface area contributed by atoms with E-state index in [1.54, 1.807) is 69.8 Å². The van der Waals surface area contributed by atoms with Gasteiger partial charge in [-0.1, -0.05) is 70.8 Å². The average Bonchev–Trinajstić information content (AvgIpc) is 3.87. The topological polar surface area (TPSA) is 174 Å². The van der Waals surface area contributed by atoms with Crippen LogP contribution in [0, 0.1) is 5.92 Å². The molecule has 9 atom stereocenters. The second kappa shape index (κ2) is 20.3. The Morgan fingerprint density at radius 3 is 2.55 bits per heavy atom. The van der Waals surface area contributed by atoms with E-state index < -0.39 is 65.7 Å². The van der Waals surface area contributed by atoms with Gasteiger partial charge in [-0.25, -0.2) is 9.59 Å². The fourth-order valence-electron chi connectivity index (χ4n) is 7.14. The highest BCUT2D eigenvalue weighted by Crippen LogP contribution is 2.49. The third-order valence-corrected chi connectivity index (χ3v) is 14.4. The molecule has 3 heterocycles. The second-order valence-electron chi connectivity index (χ2n) is 15.6. The largest absolute Gasteiger partial charge is 0.495 e. The smallest absolute Gasteiger partial charge is 0.409 e. The second-order valence-corrected chi connectivity index (χ2v) is 18.9. The number of nitrogens with zero attached hydrogens (tertiary/aromatic N) is 2. The molecule has 1 aromatic carbocycles. The molecule has 1 aromatic rings. The summed E-state index contributed by atoms with van der Waals surface area (Å²) in [6.07, 6.45) is 2.29. The highest BCUT2D eigenvalue weighted by atomic mass is 35.5. The van der Waals surface area contributed by atoms with E-state index in [1.165, 1.54) is 41.9 Å². The van der Waals surface area contributed by atoms with Crippen LogP contribution in [0.4, 0.5) is 10.5 Å². The molecule has 4 rings (SSSR count). The Bertz CT molecular complexity index is 1760. The summed E-state index contributed by atoms with van der Waals surface area (Å²) in [4.78, 5) is 68.2. The molecule has 4 bridgehead atoms. The van der Waals surface area contributed by atoms with Gasteiger partial charge in [-0.3, -0.25) is 14.9 Å². The maximum atomic E-state index is 14.2. The predicted molar refractivity (Wildman–Crippen MR) is 225 cm³/mol. The number of hydrogen-bond donors (Lipinski definition) is 2.